The lowest BCUT2D eigenvalue weighted by Gasteiger charge is -2.38. The van der Waals surface area contributed by atoms with Crippen LogP contribution in [0.4, 0.5) is 10.3 Å². The van der Waals surface area contributed by atoms with Crippen molar-refractivity contribution in [2.75, 3.05) is 36.4 Å². The molecule has 0 saturated carbocycles. The maximum absolute atomic E-state index is 11.2. The zero-order chi connectivity index (χ0) is 20.4. The maximum Gasteiger partial charge on any atom is 0.223 e. The fourth-order valence-corrected chi connectivity index (χ4v) is 5.46. The number of nitrogens with zero attached hydrogens (tertiary/aromatic N) is 5. The number of amides is 1. The van der Waals surface area contributed by atoms with Crippen molar-refractivity contribution in [3.05, 3.63) is 33.8 Å². The molecule has 3 heterocycles. The van der Waals surface area contributed by atoms with Crippen molar-refractivity contribution in [1.29, 1.82) is 0 Å². The number of hydrogen-bond acceptors (Lipinski definition) is 8. The second-order valence-electron chi connectivity index (χ2n) is 7.56. The smallest absolute Gasteiger partial charge is 0.223 e. The summed E-state index contributed by atoms with van der Waals surface area (Å²) in [5.41, 5.74) is 4.41. The van der Waals surface area contributed by atoms with Gasteiger partial charge in [-0.05, 0) is 30.9 Å². The lowest BCUT2D eigenvalue weighted by molar-refractivity contribution is -0.114. The van der Waals surface area contributed by atoms with E-state index in [-0.39, 0.29) is 5.91 Å². The number of carbonyl (C=O) groups is 1. The number of carbonyl (C=O) groups excluding carboxylic acids is 1. The zero-order valence-electron chi connectivity index (χ0n) is 17.0. The number of rotatable bonds is 4. The van der Waals surface area contributed by atoms with E-state index in [9.17, 15) is 4.79 Å². The average Bonchev–Trinajstić information content (AvgIpc) is 3.34. The summed E-state index contributed by atoms with van der Waals surface area (Å²) in [6.07, 6.45) is 7.90. The third kappa shape index (κ3) is 4.57. The quantitative estimate of drug-likeness (QED) is 0.799. The second-order valence-corrected chi connectivity index (χ2v) is 9.40. The predicted octanol–water partition coefficient (Wildman–Crippen LogP) is 3.61. The highest BCUT2D eigenvalue weighted by molar-refractivity contribution is 7.19. The number of aromatic nitrogens is 3. The Kier molecular flexibility index (Phi) is 6.07. The van der Waals surface area contributed by atoms with Gasteiger partial charge >= 0.3 is 0 Å². The predicted molar refractivity (Wildman–Crippen MR) is 120 cm³/mol. The summed E-state index contributed by atoms with van der Waals surface area (Å²) in [4.78, 5) is 21.9. The van der Waals surface area contributed by atoms with Crippen LogP contribution in [0.1, 0.15) is 43.7 Å². The topological polar surface area (TPSA) is 74.2 Å². The minimum absolute atomic E-state index is 0.121. The first-order valence-electron chi connectivity index (χ1n) is 9.93. The van der Waals surface area contributed by atoms with Crippen LogP contribution in [0.2, 0.25) is 0 Å². The van der Waals surface area contributed by atoms with Crippen LogP contribution in [0.5, 0.6) is 0 Å². The normalized spacial score (nSPS) is 21.1. The van der Waals surface area contributed by atoms with E-state index in [1.54, 1.807) is 11.3 Å². The van der Waals surface area contributed by atoms with Gasteiger partial charge in [-0.15, -0.1) is 21.5 Å². The van der Waals surface area contributed by atoms with Gasteiger partial charge in [0.15, 0.2) is 0 Å². The summed E-state index contributed by atoms with van der Waals surface area (Å²) in [7, 11) is 0. The minimum Gasteiger partial charge on any atom is -0.344 e. The van der Waals surface area contributed by atoms with Gasteiger partial charge in [-0.2, -0.15) is 0 Å². The molecule has 1 N–H and O–H groups in total. The lowest BCUT2D eigenvalue weighted by Crippen LogP contribution is -2.50. The van der Waals surface area contributed by atoms with E-state index >= 15 is 0 Å². The van der Waals surface area contributed by atoms with Crippen LogP contribution in [0, 0.1) is 0 Å². The van der Waals surface area contributed by atoms with E-state index in [1.165, 1.54) is 28.7 Å². The molecular weight excluding hydrogens is 404 g/mol. The number of allylic oxidation sites excluding steroid dienone is 1. The molecule has 2 atom stereocenters. The SMILES string of the molecule is CC(=O)Nc1nnc(N2CCN([C@@H](C)C3=Cc4ncsc4C(C)CC=C3)CC2)s1. The van der Waals surface area contributed by atoms with E-state index in [0.29, 0.717) is 17.1 Å². The van der Waals surface area contributed by atoms with Crippen LogP contribution < -0.4 is 10.2 Å². The molecule has 4 rings (SSSR count). The molecule has 2 aromatic rings. The molecule has 154 valence electrons. The maximum atomic E-state index is 11.2. The third-order valence-electron chi connectivity index (χ3n) is 5.49. The Bertz CT molecular complexity index is 925. The molecule has 7 nitrogen and oxygen atoms in total. The highest BCUT2D eigenvalue weighted by Crippen LogP contribution is 2.32. The first-order chi connectivity index (χ1) is 14.0. The van der Waals surface area contributed by atoms with Gasteiger partial charge in [-0.25, -0.2) is 4.98 Å². The fraction of sp³-hybridized carbons (Fsp3) is 0.500. The van der Waals surface area contributed by atoms with E-state index < -0.39 is 0 Å². The highest BCUT2D eigenvalue weighted by atomic mass is 32.1. The van der Waals surface area contributed by atoms with Crippen LogP contribution >= 0.6 is 22.7 Å². The molecule has 1 unspecified atom stereocenters. The van der Waals surface area contributed by atoms with Crippen molar-refractivity contribution in [2.45, 2.75) is 39.2 Å². The first-order valence-corrected chi connectivity index (χ1v) is 11.6. The van der Waals surface area contributed by atoms with Crippen LogP contribution in [0.3, 0.4) is 0 Å². The van der Waals surface area contributed by atoms with Gasteiger partial charge in [0.2, 0.25) is 16.2 Å². The number of piperazine rings is 1. The van der Waals surface area contributed by atoms with Crippen LogP contribution in [0.25, 0.3) is 6.08 Å². The molecule has 0 aromatic carbocycles. The van der Waals surface area contributed by atoms with Crippen LogP contribution in [-0.4, -0.2) is 58.2 Å². The standard InChI is InChI=1S/C20H26N6OS2/c1-13-5-4-6-16(11-17-18(13)28-12-21-17)14(2)25-7-9-26(10-8-25)20-24-23-19(29-20)22-15(3)27/h4,6,11-14H,5,7-10H2,1-3H3,(H,22,23,27)/t13?,14-/m0/s1. The molecule has 0 radical (unpaired) electrons. The Labute approximate surface area is 179 Å². The highest BCUT2D eigenvalue weighted by Gasteiger charge is 2.25. The van der Waals surface area contributed by atoms with Gasteiger partial charge in [0.25, 0.3) is 0 Å². The van der Waals surface area contributed by atoms with E-state index in [2.05, 4.69) is 62.4 Å². The summed E-state index contributed by atoms with van der Waals surface area (Å²) in [6.45, 7) is 9.75. The summed E-state index contributed by atoms with van der Waals surface area (Å²) >= 11 is 3.19. The van der Waals surface area contributed by atoms with Crippen molar-refractivity contribution in [3.8, 4) is 0 Å². The molecule has 0 bridgehead atoms. The van der Waals surface area contributed by atoms with Crippen molar-refractivity contribution < 1.29 is 4.79 Å². The summed E-state index contributed by atoms with van der Waals surface area (Å²) < 4.78 is 0. The molecule has 2 aliphatic rings. The largest absolute Gasteiger partial charge is 0.344 e. The van der Waals surface area contributed by atoms with Gasteiger partial charge in [0.05, 0.1) is 11.2 Å². The van der Waals surface area contributed by atoms with Crippen molar-refractivity contribution in [1.82, 2.24) is 20.1 Å². The molecule has 1 amide bonds. The molecule has 29 heavy (non-hydrogen) atoms. The van der Waals surface area contributed by atoms with E-state index in [1.807, 2.05) is 5.51 Å². The lowest BCUT2D eigenvalue weighted by atomic mass is 9.96. The van der Waals surface area contributed by atoms with Crippen molar-refractivity contribution >= 4 is 44.9 Å². The third-order valence-corrected chi connectivity index (χ3v) is 7.46. The van der Waals surface area contributed by atoms with Crippen molar-refractivity contribution in [2.24, 2.45) is 0 Å². The van der Waals surface area contributed by atoms with E-state index in [4.69, 9.17) is 0 Å². The number of hydrogen-bond donors (Lipinski definition) is 1. The Morgan fingerprint density at radius 1 is 1.28 bits per heavy atom. The molecule has 9 heteroatoms. The van der Waals surface area contributed by atoms with Gasteiger partial charge in [-0.1, -0.05) is 30.4 Å². The van der Waals surface area contributed by atoms with Gasteiger partial charge in [0, 0.05) is 44.0 Å². The summed E-state index contributed by atoms with van der Waals surface area (Å²) in [6, 6.07) is 0.334. The minimum atomic E-state index is -0.121. The molecular formula is C20H26N6OS2. The molecule has 1 aliphatic heterocycles. The van der Waals surface area contributed by atoms with Gasteiger partial charge in [-0.3, -0.25) is 9.69 Å². The molecule has 1 saturated heterocycles. The van der Waals surface area contributed by atoms with Crippen molar-refractivity contribution in [3.63, 3.8) is 0 Å². The summed E-state index contributed by atoms with van der Waals surface area (Å²) in [5, 5.41) is 12.4. The monoisotopic (exact) mass is 430 g/mol. The van der Waals surface area contributed by atoms with Gasteiger partial charge in [0.1, 0.15) is 0 Å². The Morgan fingerprint density at radius 2 is 2.07 bits per heavy atom. The fourth-order valence-electron chi connectivity index (χ4n) is 3.78. The molecule has 1 aliphatic carbocycles. The van der Waals surface area contributed by atoms with Gasteiger partial charge < -0.3 is 10.2 Å². The Morgan fingerprint density at radius 3 is 2.83 bits per heavy atom. The van der Waals surface area contributed by atoms with E-state index in [0.717, 1.165) is 43.4 Å². The molecule has 1 fully saturated rings. The Balaban J connectivity index is 1.41. The zero-order valence-corrected chi connectivity index (χ0v) is 18.6. The number of thiazole rings is 1. The average molecular weight is 431 g/mol. The number of nitrogens with one attached hydrogen (secondary N) is 1. The number of fused-ring (bicyclic) bond motifs is 1. The molecule has 2 aromatic heterocycles. The van der Waals surface area contributed by atoms with Crippen LogP contribution in [-0.2, 0) is 4.79 Å². The summed E-state index contributed by atoms with van der Waals surface area (Å²) in [5.74, 6) is 0.407. The molecule has 0 spiro atoms. The van der Waals surface area contributed by atoms with Crippen LogP contribution in [0.15, 0.2) is 23.2 Å². The first kappa shape index (κ1) is 20.2. The Hall–Kier alpha value is -2.10. The number of anilines is 2. The second kappa shape index (κ2) is 8.73.